The molecular weight excluding hydrogens is 264 g/mol. The molecule has 2 rings (SSSR count). The topological polar surface area (TPSA) is 39.4 Å². The van der Waals surface area contributed by atoms with Crippen LogP contribution in [0.5, 0.6) is 5.75 Å². The molecule has 0 bridgehead atoms. The molecule has 0 amide bonds. The molecule has 0 unspecified atom stereocenters. The van der Waals surface area contributed by atoms with Crippen LogP contribution in [0.25, 0.3) is 11.0 Å². The summed E-state index contributed by atoms with van der Waals surface area (Å²) in [5.41, 5.74) is 3.95. The number of ether oxygens (including phenoxy) is 1. The molecule has 0 aliphatic carbocycles. The average molecular weight is 286 g/mol. The molecule has 0 saturated heterocycles. The molecule has 1 aromatic heterocycles. The highest BCUT2D eigenvalue weighted by atomic mass is 16.5. The van der Waals surface area contributed by atoms with E-state index in [1.807, 2.05) is 19.9 Å². The van der Waals surface area contributed by atoms with Crippen LogP contribution in [0.15, 0.2) is 27.9 Å². The molecule has 0 atom stereocenters. The third-order valence-corrected chi connectivity index (χ3v) is 3.82. The maximum absolute atomic E-state index is 11.9. The Hall–Kier alpha value is -2.03. The van der Waals surface area contributed by atoms with Gasteiger partial charge in [-0.15, -0.1) is 6.58 Å². The van der Waals surface area contributed by atoms with E-state index in [9.17, 15) is 4.79 Å². The maximum atomic E-state index is 11.9. The monoisotopic (exact) mass is 286 g/mol. The van der Waals surface area contributed by atoms with Crippen molar-refractivity contribution in [3.8, 4) is 5.75 Å². The van der Waals surface area contributed by atoms with Crippen molar-refractivity contribution < 1.29 is 9.15 Å². The van der Waals surface area contributed by atoms with E-state index in [0.717, 1.165) is 40.7 Å². The van der Waals surface area contributed by atoms with E-state index < -0.39 is 0 Å². The van der Waals surface area contributed by atoms with Crippen LogP contribution >= 0.6 is 0 Å². The van der Waals surface area contributed by atoms with E-state index in [-0.39, 0.29) is 5.63 Å². The molecule has 112 valence electrons. The second-order valence-electron chi connectivity index (χ2n) is 5.35. The highest BCUT2D eigenvalue weighted by molar-refractivity contribution is 5.87. The Kier molecular flexibility index (Phi) is 4.51. The Bertz CT molecular complexity index is 738. The van der Waals surface area contributed by atoms with E-state index in [0.29, 0.717) is 17.8 Å². The second-order valence-corrected chi connectivity index (χ2v) is 5.35. The Balaban J connectivity index is 2.80. The summed E-state index contributed by atoms with van der Waals surface area (Å²) < 4.78 is 11.4. The number of hydrogen-bond donors (Lipinski definition) is 0. The van der Waals surface area contributed by atoms with Gasteiger partial charge in [-0.3, -0.25) is 0 Å². The van der Waals surface area contributed by atoms with Gasteiger partial charge in [0.15, 0.2) is 0 Å². The van der Waals surface area contributed by atoms with Crippen molar-refractivity contribution in [2.75, 3.05) is 6.61 Å². The smallest absolute Gasteiger partial charge is 0.339 e. The summed E-state index contributed by atoms with van der Waals surface area (Å²) in [6, 6.07) is 2.06. The van der Waals surface area contributed by atoms with E-state index in [1.165, 1.54) is 0 Å². The first-order valence-corrected chi connectivity index (χ1v) is 7.31. The van der Waals surface area contributed by atoms with Crippen LogP contribution in [0.3, 0.4) is 0 Å². The van der Waals surface area contributed by atoms with Crippen molar-refractivity contribution in [2.24, 2.45) is 0 Å². The van der Waals surface area contributed by atoms with Crippen LogP contribution < -0.4 is 10.4 Å². The van der Waals surface area contributed by atoms with Gasteiger partial charge in [0, 0.05) is 16.5 Å². The SMILES string of the molecule is C=CCc1cc2c(C)c(C)c(=O)oc2c(C)c1OCCC. The number of allylic oxidation sites excluding steroid dienone is 1. The van der Waals surface area contributed by atoms with Gasteiger partial charge in [0.1, 0.15) is 11.3 Å². The molecule has 0 radical (unpaired) electrons. The van der Waals surface area contributed by atoms with Crippen LogP contribution in [-0.2, 0) is 6.42 Å². The molecule has 0 fully saturated rings. The van der Waals surface area contributed by atoms with Crippen LogP contribution in [-0.4, -0.2) is 6.61 Å². The molecular formula is C18H22O3. The van der Waals surface area contributed by atoms with Gasteiger partial charge in [-0.25, -0.2) is 4.79 Å². The zero-order valence-corrected chi connectivity index (χ0v) is 13.2. The average Bonchev–Trinajstić information content (AvgIpc) is 2.46. The maximum Gasteiger partial charge on any atom is 0.339 e. The van der Waals surface area contributed by atoms with Crippen LogP contribution in [0, 0.1) is 20.8 Å². The van der Waals surface area contributed by atoms with Gasteiger partial charge >= 0.3 is 5.63 Å². The second kappa shape index (κ2) is 6.17. The summed E-state index contributed by atoms with van der Waals surface area (Å²) >= 11 is 0. The highest BCUT2D eigenvalue weighted by Gasteiger charge is 2.16. The van der Waals surface area contributed by atoms with Gasteiger partial charge in [0.25, 0.3) is 0 Å². The molecule has 0 aliphatic heterocycles. The zero-order chi connectivity index (χ0) is 15.6. The minimum atomic E-state index is -0.277. The van der Waals surface area contributed by atoms with Crippen LogP contribution in [0.2, 0.25) is 0 Å². The predicted molar refractivity (Wildman–Crippen MR) is 86.4 cm³/mol. The molecule has 0 spiro atoms. The van der Waals surface area contributed by atoms with Gasteiger partial charge in [0.2, 0.25) is 0 Å². The number of rotatable bonds is 5. The number of aryl methyl sites for hydroxylation is 2. The zero-order valence-electron chi connectivity index (χ0n) is 13.2. The third-order valence-electron chi connectivity index (χ3n) is 3.82. The normalized spacial score (nSPS) is 10.9. The standard InChI is InChI=1S/C18H22O3/c1-6-8-14-10-15-11(3)12(4)18(19)21-17(15)13(5)16(14)20-9-7-2/h6,10H,1,7-9H2,2-5H3. The minimum Gasteiger partial charge on any atom is -0.493 e. The lowest BCUT2D eigenvalue weighted by molar-refractivity contribution is 0.312. The summed E-state index contributed by atoms with van der Waals surface area (Å²) in [6.07, 6.45) is 3.52. The molecule has 0 aliphatic rings. The molecule has 2 aromatic rings. The van der Waals surface area contributed by atoms with Crippen molar-refractivity contribution in [3.63, 3.8) is 0 Å². The van der Waals surface area contributed by atoms with Gasteiger partial charge in [0.05, 0.1) is 6.61 Å². The van der Waals surface area contributed by atoms with Crippen molar-refractivity contribution >= 4 is 11.0 Å². The van der Waals surface area contributed by atoms with Gasteiger partial charge in [-0.2, -0.15) is 0 Å². The first-order valence-electron chi connectivity index (χ1n) is 7.31. The van der Waals surface area contributed by atoms with E-state index >= 15 is 0 Å². The molecule has 0 N–H and O–H groups in total. The number of hydrogen-bond acceptors (Lipinski definition) is 3. The highest BCUT2D eigenvalue weighted by Crippen LogP contribution is 2.33. The fourth-order valence-electron chi connectivity index (χ4n) is 2.50. The van der Waals surface area contributed by atoms with E-state index in [1.54, 1.807) is 6.92 Å². The summed E-state index contributed by atoms with van der Waals surface area (Å²) in [4.78, 5) is 11.9. The van der Waals surface area contributed by atoms with Gasteiger partial charge in [-0.1, -0.05) is 13.0 Å². The lowest BCUT2D eigenvalue weighted by Crippen LogP contribution is -2.08. The van der Waals surface area contributed by atoms with Crippen LogP contribution in [0.4, 0.5) is 0 Å². The summed E-state index contributed by atoms with van der Waals surface area (Å²) in [5, 5.41) is 0.977. The van der Waals surface area contributed by atoms with E-state index in [2.05, 4.69) is 19.6 Å². The number of fused-ring (bicyclic) bond motifs is 1. The van der Waals surface area contributed by atoms with Crippen molar-refractivity contribution in [1.82, 2.24) is 0 Å². The lowest BCUT2D eigenvalue weighted by Gasteiger charge is -2.16. The Morgan fingerprint density at radius 2 is 1.95 bits per heavy atom. The minimum absolute atomic E-state index is 0.277. The quantitative estimate of drug-likeness (QED) is 0.609. The van der Waals surface area contributed by atoms with Crippen molar-refractivity contribution in [1.29, 1.82) is 0 Å². The first kappa shape index (κ1) is 15.4. The molecule has 3 heteroatoms. The fourth-order valence-corrected chi connectivity index (χ4v) is 2.50. The third kappa shape index (κ3) is 2.73. The molecule has 1 heterocycles. The van der Waals surface area contributed by atoms with Gasteiger partial charge in [-0.05, 0) is 50.8 Å². The van der Waals surface area contributed by atoms with Crippen molar-refractivity contribution in [3.05, 3.63) is 51.4 Å². The van der Waals surface area contributed by atoms with E-state index in [4.69, 9.17) is 9.15 Å². The van der Waals surface area contributed by atoms with Crippen molar-refractivity contribution in [2.45, 2.75) is 40.5 Å². The lowest BCUT2D eigenvalue weighted by atomic mass is 9.98. The molecule has 21 heavy (non-hydrogen) atoms. The first-order chi connectivity index (χ1) is 10.0. The van der Waals surface area contributed by atoms with Crippen LogP contribution in [0.1, 0.15) is 35.6 Å². The number of benzene rings is 1. The molecule has 3 nitrogen and oxygen atoms in total. The Labute approximate surface area is 125 Å². The summed E-state index contributed by atoms with van der Waals surface area (Å²) in [6.45, 7) is 12.2. The predicted octanol–water partition coefficient (Wildman–Crippen LogP) is 4.24. The summed E-state index contributed by atoms with van der Waals surface area (Å²) in [7, 11) is 0. The molecule has 1 aromatic carbocycles. The fraction of sp³-hybridized carbons (Fsp3) is 0.389. The Morgan fingerprint density at radius 3 is 2.57 bits per heavy atom. The largest absolute Gasteiger partial charge is 0.493 e. The molecule has 0 saturated carbocycles. The van der Waals surface area contributed by atoms with Gasteiger partial charge < -0.3 is 9.15 Å². The summed E-state index contributed by atoms with van der Waals surface area (Å²) in [5.74, 6) is 0.815. The Morgan fingerprint density at radius 1 is 1.24 bits per heavy atom.